The van der Waals surface area contributed by atoms with Gasteiger partial charge in [-0.2, -0.15) is 17.5 Å². The maximum Gasteiger partial charge on any atom is 0.420 e. The second-order valence-corrected chi connectivity index (χ2v) is 9.69. The molecule has 0 amide bonds. The monoisotopic (exact) mass is 474 g/mol. The molecular formula is C21H22F4N2O4S. The third kappa shape index (κ3) is 4.18. The van der Waals surface area contributed by atoms with Crippen molar-refractivity contribution in [3.05, 3.63) is 47.8 Å². The number of likely N-dealkylation sites (N-methyl/N-ethyl adjacent to an activating group) is 1. The number of sulfonamides is 1. The first-order valence-corrected chi connectivity index (χ1v) is 11.0. The number of benzene rings is 2. The number of aldehydes is 1. The lowest BCUT2D eigenvalue weighted by molar-refractivity contribution is -0.138. The van der Waals surface area contributed by atoms with Crippen LogP contribution >= 0.6 is 0 Å². The van der Waals surface area contributed by atoms with E-state index in [-0.39, 0.29) is 30.0 Å². The standard InChI is InChI=1S/C21H22F4N2O4S/c1-20(9-4-10-28)13-27(15-7-5-14(22)6-8-15)17-11-16(21(23,24)25)18(31-3)12-19(17)32(29,30)26(20)2/h5-8,10-12H,4,9,13H2,1-3H3. The Morgan fingerprint density at radius 3 is 2.34 bits per heavy atom. The lowest BCUT2D eigenvalue weighted by Crippen LogP contribution is -2.51. The summed E-state index contributed by atoms with van der Waals surface area (Å²) in [6.07, 6.45) is -3.99. The van der Waals surface area contributed by atoms with Crippen LogP contribution in [-0.4, -0.2) is 45.3 Å². The number of alkyl halides is 3. The molecule has 3 rings (SSSR count). The van der Waals surface area contributed by atoms with Crippen molar-refractivity contribution in [3.63, 3.8) is 0 Å². The topological polar surface area (TPSA) is 66.9 Å². The second kappa shape index (κ2) is 8.36. The van der Waals surface area contributed by atoms with Crippen LogP contribution in [0.15, 0.2) is 41.3 Å². The van der Waals surface area contributed by atoms with Crippen molar-refractivity contribution in [3.8, 4) is 5.75 Å². The predicted octanol–water partition coefficient (Wildman–Crippen LogP) is 4.36. The van der Waals surface area contributed by atoms with Crippen LogP contribution in [0.2, 0.25) is 0 Å². The molecule has 0 saturated carbocycles. The molecule has 0 aromatic heterocycles. The smallest absolute Gasteiger partial charge is 0.420 e. The summed E-state index contributed by atoms with van der Waals surface area (Å²) in [6.45, 7) is 1.54. The molecule has 0 fully saturated rings. The Kier molecular flexibility index (Phi) is 6.27. The Labute approximate surface area is 183 Å². The third-order valence-electron chi connectivity index (χ3n) is 5.71. The molecule has 0 bridgehead atoms. The van der Waals surface area contributed by atoms with Crippen LogP contribution in [0, 0.1) is 5.82 Å². The molecule has 1 heterocycles. The zero-order chi connectivity index (χ0) is 23.9. The zero-order valence-electron chi connectivity index (χ0n) is 17.6. The number of fused-ring (bicyclic) bond motifs is 1. The number of halogens is 4. The largest absolute Gasteiger partial charge is 0.496 e. The fourth-order valence-corrected chi connectivity index (χ4v) is 5.49. The van der Waals surface area contributed by atoms with Crippen LogP contribution in [0.4, 0.5) is 28.9 Å². The second-order valence-electron chi connectivity index (χ2n) is 7.76. The molecule has 32 heavy (non-hydrogen) atoms. The van der Waals surface area contributed by atoms with Gasteiger partial charge >= 0.3 is 6.18 Å². The molecule has 2 aromatic rings. The van der Waals surface area contributed by atoms with Gasteiger partial charge in [-0.3, -0.25) is 0 Å². The lowest BCUT2D eigenvalue weighted by Gasteiger charge is -2.38. The number of ether oxygens (including phenoxy) is 1. The zero-order valence-corrected chi connectivity index (χ0v) is 18.4. The van der Waals surface area contributed by atoms with E-state index < -0.39 is 38.9 Å². The molecule has 1 aliphatic rings. The Balaban J connectivity index is 2.37. The minimum absolute atomic E-state index is 0.0427. The maximum absolute atomic E-state index is 13.7. The van der Waals surface area contributed by atoms with E-state index in [1.807, 2.05) is 0 Å². The van der Waals surface area contributed by atoms with Gasteiger partial charge in [-0.05, 0) is 43.7 Å². The van der Waals surface area contributed by atoms with Crippen molar-refractivity contribution in [1.29, 1.82) is 0 Å². The van der Waals surface area contributed by atoms with Gasteiger partial charge in [-0.15, -0.1) is 0 Å². The van der Waals surface area contributed by atoms with Gasteiger partial charge < -0.3 is 14.4 Å². The molecule has 1 aliphatic heterocycles. The van der Waals surface area contributed by atoms with Gasteiger partial charge in [0.25, 0.3) is 0 Å². The van der Waals surface area contributed by atoms with E-state index in [2.05, 4.69) is 0 Å². The molecule has 0 spiro atoms. The summed E-state index contributed by atoms with van der Waals surface area (Å²) in [5.41, 5.74) is -2.21. The summed E-state index contributed by atoms with van der Waals surface area (Å²) in [5, 5.41) is 0. The fourth-order valence-electron chi connectivity index (χ4n) is 3.78. The Hall–Kier alpha value is -2.66. The normalized spacial score (nSPS) is 21.0. The molecule has 1 atom stereocenters. The summed E-state index contributed by atoms with van der Waals surface area (Å²) in [6, 6.07) is 6.56. The number of methoxy groups -OCH3 is 1. The van der Waals surface area contributed by atoms with Gasteiger partial charge in [0.1, 0.15) is 22.7 Å². The highest BCUT2D eigenvalue weighted by Gasteiger charge is 2.46. The van der Waals surface area contributed by atoms with E-state index in [9.17, 15) is 30.8 Å². The summed E-state index contributed by atoms with van der Waals surface area (Å²) in [7, 11) is -1.94. The van der Waals surface area contributed by atoms with Crippen molar-refractivity contribution in [2.45, 2.75) is 36.4 Å². The van der Waals surface area contributed by atoms with Crippen molar-refractivity contribution in [2.75, 3.05) is 25.6 Å². The fraction of sp³-hybridized carbons (Fsp3) is 0.381. The van der Waals surface area contributed by atoms with E-state index in [4.69, 9.17) is 4.74 Å². The third-order valence-corrected chi connectivity index (χ3v) is 7.76. The van der Waals surface area contributed by atoms with Gasteiger partial charge in [-0.25, -0.2) is 12.8 Å². The lowest BCUT2D eigenvalue weighted by atomic mass is 9.94. The number of nitrogens with zero attached hydrogens (tertiary/aromatic N) is 2. The first-order valence-electron chi connectivity index (χ1n) is 9.60. The molecule has 11 heteroatoms. The summed E-state index contributed by atoms with van der Waals surface area (Å²) in [5.74, 6) is -1.19. The van der Waals surface area contributed by atoms with Crippen LogP contribution in [0.25, 0.3) is 0 Å². The van der Waals surface area contributed by atoms with Gasteiger partial charge in [0.05, 0.1) is 23.9 Å². The number of rotatable bonds is 5. The van der Waals surface area contributed by atoms with Gasteiger partial charge in [-0.1, -0.05) is 0 Å². The minimum atomic E-state index is -4.81. The Morgan fingerprint density at radius 1 is 1.19 bits per heavy atom. The highest BCUT2D eigenvalue weighted by molar-refractivity contribution is 7.89. The molecule has 0 aliphatic carbocycles. The van der Waals surface area contributed by atoms with Crippen molar-refractivity contribution in [1.82, 2.24) is 4.31 Å². The number of hydrogen-bond acceptors (Lipinski definition) is 5. The van der Waals surface area contributed by atoms with Crippen LogP contribution < -0.4 is 9.64 Å². The van der Waals surface area contributed by atoms with E-state index in [0.29, 0.717) is 12.0 Å². The van der Waals surface area contributed by atoms with E-state index in [0.717, 1.165) is 35.7 Å². The molecule has 0 radical (unpaired) electrons. The molecular weight excluding hydrogens is 452 g/mol. The minimum Gasteiger partial charge on any atom is -0.496 e. The SMILES string of the molecule is COc1cc2c(cc1C(F)(F)F)N(c1ccc(F)cc1)CC(C)(CCC=O)N(C)S2(=O)=O. The van der Waals surface area contributed by atoms with Crippen LogP contribution in [0.1, 0.15) is 25.3 Å². The maximum atomic E-state index is 13.7. The predicted molar refractivity (Wildman–Crippen MR) is 110 cm³/mol. The highest BCUT2D eigenvalue weighted by Crippen LogP contribution is 2.47. The highest BCUT2D eigenvalue weighted by atomic mass is 32.2. The number of hydrogen-bond donors (Lipinski definition) is 0. The summed E-state index contributed by atoms with van der Waals surface area (Å²) in [4.78, 5) is 12.0. The average Bonchev–Trinajstić information content (AvgIpc) is 2.80. The first kappa shape index (κ1) is 24.0. The molecule has 1 unspecified atom stereocenters. The van der Waals surface area contributed by atoms with Crippen molar-refractivity contribution < 1.29 is 35.5 Å². The van der Waals surface area contributed by atoms with Gasteiger partial charge in [0, 0.05) is 31.8 Å². The molecule has 2 aromatic carbocycles. The van der Waals surface area contributed by atoms with Crippen molar-refractivity contribution >= 4 is 27.7 Å². The molecule has 174 valence electrons. The Bertz CT molecular complexity index is 1120. The number of carbonyl (C=O) groups is 1. The Morgan fingerprint density at radius 2 is 1.81 bits per heavy atom. The van der Waals surface area contributed by atoms with E-state index >= 15 is 0 Å². The van der Waals surface area contributed by atoms with Crippen LogP contribution in [0.5, 0.6) is 5.75 Å². The van der Waals surface area contributed by atoms with Crippen molar-refractivity contribution in [2.24, 2.45) is 0 Å². The van der Waals surface area contributed by atoms with Gasteiger partial charge in [0.15, 0.2) is 0 Å². The molecule has 6 nitrogen and oxygen atoms in total. The van der Waals surface area contributed by atoms with Gasteiger partial charge in [0.2, 0.25) is 10.0 Å². The average molecular weight is 474 g/mol. The molecule has 0 N–H and O–H groups in total. The summed E-state index contributed by atoms with van der Waals surface area (Å²) < 4.78 is 87.6. The van der Waals surface area contributed by atoms with Crippen LogP contribution in [0.3, 0.4) is 0 Å². The quantitative estimate of drug-likeness (QED) is 0.476. The number of carbonyl (C=O) groups excluding carboxylic acids is 1. The molecule has 0 saturated heterocycles. The first-order chi connectivity index (χ1) is 14.8. The van der Waals surface area contributed by atoms with Crippen LogP contribution in [-0.2, 0) is 21.0 Å². The summed E-state index contributed by atoms with van der Waals surface area (Å²) >= 11 is 0. The number of anilines is 2. The van der Waals surface area contributed by atoms with E-state index in [1.54, 1.807) is 6.92 Å². The van der Waals surface area contributed by atoms with E-state index in [1.165, 1.54) is 24.1 Å².